The molecule has 1 aliphatic rings. The molecule has 0 aromatic heterocycles. The largest absolute Gasteiger partial charge is 0.465 e. The maximum Gasteiger partial charge on any atom is 0.416 e. The van der Waals surface area contributed by atoms with Crippen LogP contribution in [0, 0.1) is 11.7 Å². The molecule has 1 aromatic rings. The highest BCUT2D eigenvalue weighted by Crippen LogP contribution is 2.31. The lowest BCUT2D eigenvalue weighted by Crippen LogP contribution is -2.41. The lowest BCUT2D eigenvalue weighted by molar-refractivity contribution is -0.150. The third kappa shape index (κ3) is 10.5. The molecule has 0 radical (unpaired) electrons. The van der Waals surface area contributed by atoms with E-state index < -0.39 is 29.0 Å². The van der Waals surface area contributed by atoms with Crippen LogP contribution in [0.15, 0.2) is 18.2 Å². The molecular weight excluding hydrogens is 474 g/mol. The molecule has 4 nitrogen and oxygen atoms in total. The van der Waals surface area contributed by atoms with Gasteiger partial charge in [-0.1, -0.05) is 77.6 Å². The Morgan fingerprint density at radius 2 is 1.42 bits per heavy atom. The summed E-state index contributed by atoms with van der Waals surface area (Å²) in [5.41, 5.74) is -1.67. The minimum absolute atomic E-state index is 0.174. The van der Waals surface area contributed by atoms with Gasteiger partial charge in [-0.25, -0.2) is 4.39 Å². The minimum Gasteiger partial charge on any atom is -0.465 e. The first-order valence-electron chi connectivity index (χ1n) is 13.6. The highest BCUT2D eigenvalue weighted by molar-refractivity contribution is 5.95. The summed E-state index contributed by atoms with van der Waals surface area (Å²) in [5.74, 6) is -2.42. The Labute approximate surface area is 212 Å². The minimum atomic E-state index is -4.66. The average molecular weight is 516 g/mol. The Balaban J connectivity index is 1.58. The van der Waals surface area contributed by atoms with Crippen LogP contribution >= 0.6 is 0 Å². The fourth-order valence-electron chi connectivity index (χ4n) is 4.59. The maximum absolute atomic E-state index is 14.0. The number of hydrogen-bond acceptors (Lipinski definition) is 3. The Morgan fingerprint density at radius 1 is 0.889 bits per heavy atom. The number of likely N-dealkylation sites (tertiary alicyclic amines) is 1. The number of amides is 1. The molecule has 36 heavy (non-hydrogen) atoms. The third-order valence-corrected chi connectivity index (χ3v) is 6.88. The standard InChI is InChI=1S/C28H41F4NO3/c1-2-3-4-5-6-7-8-9-10-11-12-13-20-36-27(35)22-16-18-33(19-17-22)26(34)24-21-23(28(30,31)32)14-15-25(24)29/h14-15,21-22H,2-13,16-20H2,1H3. The van der Waals surface area contributed by atoms with E-state index >= 15 is 0 Å². The van der Waals surface area contributed by atoms with Gasteiger partial charge in [0.2, 0.25) is 0 Å². The van der Waals surface area contributed by atoms with E-state index in [1.165, 1.54) is 62.7 Å². The molecular formula is C28H41F4NO3. The van der Waals surface area contributed by atoms with Crippen LogP contribution in [0.3, 0.4) is 0 Å². The second-order valence-electron chi connectivity index (χ2n) is 9.82. The number of alkyl halides is 3. The van der Waals surface area contributed by atoms with Crippen molar-refractivity contribution in [1.82, 2.24) is 4.90 Å². The summed E-state index contributed by atoms with van der Waals surface area (Å²) in [6.45, 7) is 2.96. The number of halogens is 4. The Morgan fingerprint density at radius 3 is 1.94 bits per heavy atom. The number of nitrogens with zero attached hydrogens (tertiary/aromatic N) is 1. The Hall–Kier alpha value is -2.12. The molecule has 1 saturated heterocycles. The van der Waals surface area contributed by atoms with Crippen molar-refractivity contribution in [2.24, 2.45) is 5.92 Å². The van der Waals surface area contributed by atoms with Crippen molar-refractivity contribution in [3.63, 3.8) is 0 Å². The molecule has 0 spiro atoms. The fourth-order valence-corrected chi connectivity index (χ4v) is 4.59. The van der Waals surface area contributed by atoms with Crippen molar-refractivity contribution in [1.29, 1.82) is 0 Å². The first-order valence-corrected chi connectivity index (χ1v) is 13.6. The van der Waals surface area contributed by atoms with Gasteiger partial charge in [0.15, 0.2) is 0 Å². The molecule has 1 aromatic carbocycles. The molecule has 2 rings (SSSR count). The monoisotopic (exact) mass is 515 g/mol. The van der Waals surface area contributed by atoms with Crippen LogP contribution in [0.1, 0.15) is 113 Å². The topological polar surface area (TPSA) is 46.6 Å². The number of esters is 1. The van der Waals surface area contributed by atoms with E-state index in [9.17, 15) is 27.2 Å². The van der Waals surface area contributed by atoms with Gasteiger partial charge in [0.25, 0.3) is 5.91 Å². The molecule has 1 fully saturated rings. The van der Waals surface area contributed by atoms with E-state index in [0.717, 1.165) is 19.3 Å². The first kappa shape index (κ1) is 30.1. The molecule has 8 heteroatoms. The van der Waals surface area contributed by atoms with Crippen molar-refractivity contribution in [3.8, 4) is 0 Å². The van der Waals surface area contributed by atoms with Crippen molar-refractivity contribution >= 4 is 11.9 Å². The number of unbranched alkanes of at least 4 members (excludes halogenated alkanes) is 11. The van der Waals surface area contributed by atoms with Crippen molar-refractivity contribution in [3.05, 3.63) is 35.1 Å². The van der Waals surface area contributed by atoms with Crippen molar-refractivity contribution in [2.45, 2.75) is 103 Å². The van der Waals surface area contributed by atoms with E-state index in [4.69, 9.17) is 4.74 Å². The molecule has 0 N–H and O–H groups in total. The zero-order chi connectivity index (χ0) is 26.4. The number of ether oxygens (including phenoxy) is 1. The summed E-state index contributed by atoms with van der Waals surface area (Å²) < 4.78 is 58.2. The number of rotatable bonds is 15. The zero-order valence-electron chi connectivity index (χ0n) is 21.5. The molecule has 1 amide bonds. The van der Waals surface area contributed by atoms with Crippen LogP contribution in [0.5, 0.6) is 0 Å². The van der Waals surface area contributed by atoms with Crippen LogP contribution in [0.4, 0.5) is 17.6 Å². The molecule has 0 bridgehead atoms. The predicted molar refractivity (Wildman–Crippen MR) is 132 cm³/mol. The van der Waals surface area contributed by atoms with E-state index in [1.54, 1.807) is 0 Å². The predicted octanol–water partition coefficient (Wildman–Crippen LogP) is 7.94. The number of benzene rings is 1. The summed E-state index contributed by atoms with van der Waals surface area (Å²) in [6.07, 6.45) is 10.8. The lowest BCUT2D eigenvalue weighted by Gasteiger charge is -2.31. The van der Waals surface area contributed by atoms with Crippen LogP contribution in [0.25, 0.3) is 0 Å². The van der Waals surface area contributed by atoms with E-state index in [2.05, 4.69) is 6.92 Å². The Kier molecular flexibility index (Phi) is 13.3. The first-order chi connectivity index (χ1) is 17.2. The van der Waals surface area contributed by atoms with Crippen LogP contribution in [0.2, 0.25) is 0 Å². The number of piperidine rings is 1. The smallest absolute Gasteiger partial charge is 0.416 e. The molecule has 0 atom stereocenters. The van der Waals surface area contributed by atoms with Gasteiger partial charge in [-0.15, -0.1) is 0 Å². The second-order valence-corrected chi connectivity index (χ2v) is 9.82. The molecule has 0 saturated carbocycles. The Bertz CT molecular complexity index is 804. The van der Waals surface area contributed by atoms with E-state index in [0.29, 0.717) is 37.6 Å². The van der Waals surface area contributed by atoms with Crippen LogP contribution < -0.4 is 0 Å². The van der Waals surface area contributed by atoms with Crippen LogP contribution in [-0.4, -0.2) is 36.5 Å². The molecule has 0 unspecified atom stereocenters. The zero-order valence-corrected chi connectivity index (χ0v) is 21.5. The summed E-state index contributed by atoms with van der Waals surface area (Å²) in [5, 5.41) is 0. The number of hydrogen-bond donors (Lipinski definition) is 0. The van der Waals surface area contributed by atoms with Gasteiger partial charge in [0.05, 0.1) is 23.7 Å². The third-order valence-electron chi connectivity index (χ3n) is 6.88. The summed E-state index contributed by atoms with van der Waals surface area (Å²) in [6, 6.07) is 1.83. The van der Waals surface area contributed by atoms with Gasteiger partial charge in [-0.05, 0) is 37.5 Å². The molecule has 204 valence electrons. The van der Waals surface area contributed by atoms with Crippen molar-refractivity contribution < 1.29 is 31.9 Å². The van der Waals surface area contributed by atoms with Gasteiger partial charge in [-0.3, -0.25) is 9.59 Å². The van der Waals surface area contributed by atoms with Crippen LogP contribution in [-0.2, 0) is 15.7 Å². The maximum atomic E-state index is 14.0. The fraction of sp³-hybridized carbons (Fsp3) is 0.714. The summed E-state index contributed by atoms with van der Waals surface area (Å²) >= 11 is 0. The van der Waals surface area contributed by atoms with Gasteiger partial charge >= 0.3 is 12.1 Å². The van der Waals surface area contributed by atoms with Gasteiger partial charge in [0, 0.05) is 13.1 Å². The second kappa shape index (κ2) is 15.9. The number of carbonyl (C=O) groups is 2. The van der Waals surface area contributed by atoms with Gasteiger partial charge < -0.3 is 9.64 Å². The molecule has 1 aliphatic heterocycles. The van der Waals surface area contributed by atoms with Gasteiger partial charge in [0.1, 0.15) is 5.82 Å². The summed E-state index contributed by atoms with van der Waals surface area (Å²) in [4.78, 5) is 26.2. The lowest BCUT2D eigenvalue weighted by atomic mass is 9.96. The highest BCUT2D eigenvalue weighted by Gasteiger charge is 2.34. The van der Waals surface area contributed by atoms with Crippen molar-refractivity contribution in [2.75, 3.05) is 19.7 Å². The SMILES string of the molecule is CCCCCCCCCCCCCCOC(=O)C1CCN(C(=O)c2cc(C(F)(F)F)ccc2F)CC1. The van der Waals surface area contributed by atoms with E-state index in [1.807, 2.05) is 0 Å². The van der Waals surface area contributed by atoms with E-state index in [-0.39, 0.29) is 25.0 Å². The number of carbonyl (C=O) groups excluding carboxylic acids is 2. The summed E-state index contributed by atoms with van der Waals surface area (Å²) in [7, 11) is 0. The van der Waals surface area contributed by atoms with Gasteiger partial charge in [-0.2, -0.15) is 13.2 Å². The molecule has 1 heterocycles. The quantitative estimate of drug-likeness (QED) is 0.135. The average Bonchev–Trinajstić information content (AvgIpc) is 2.86. The normalized spacial score (nSPS) is 14.8. The highest BCUT2D eigenvalue weighted by atomic mass is 19.4. The molecule has 0 aliphatic carbocycles.